The van der Waals surface area contributed by atoms with Crippen LogP contribution in [0.25, 0.3) is 11.5 Å². The quantitative estimate of drug-likeness (QED) is 0.226. The summed E-state index contributed by atoms with van der Waals surface area (Å²) in [7, 11) is -1.19. The van der Waals surface area contributed by atoms with Crippen LogP contribution in [0.2, 0.25) is 25.7 Å². The molecular formula is C29H36N4O3Si. The Hall–Kier alpha value is -3.33. The number of aliphatic hydroxyl groups is 1. The minimum Gasteiger partial charge on any atom is -0.390 e. The summed E-state index contributed by atoms with van der Waals surface area (Å²) >= 11 is 0. The smallest absolute Gasteiger partial charge is 0.214 e. The molecule has 0 saturated heterocycles. The highest BCUT2D eigenvalue weighted by Crippen LogP contribution is 2.29. The van der Waals surface area contributed by atoms with Crippen molar-refractivity contribution >= 4 is 8.07 Å². The van der Waals surface area contributed by atoms with Crippen molar-refractivity contribution in [2.45, 2.75) is 57.9 Å². The lowest BCUT2D eigenvalue weighted by Crippen LogP contribution is -2.27. The zero-order valence-electron chi connectivity index (χ0n) is 22.0. The van der Waals surface area contributed by atoms with Crippen LogP contribution in [0.3, 0.4) is 0 Å². The van der Waals surface area contributed by atoms with Gasteiger partial charge in [0.25, 0.3) is 0 Å². The minimum absolute atomic E-state index is 0.178. The molecule has 0 saturated carbocycles. The van der Waals surface area contributed by atoms with Crippen LogP contribution >= 0.6 is 0 Å². The Kier molecular flexibility index (Phi) is 8.53. The second kappa shape index (κ2) is 11.8. The van der Waals surface area contributed by atoms with Gasteiger partial charge in [0.15, 0.2) is 11.5 Å². The topological polar surface area (TPSA) is 82.2 Å². The first-order valence-electron chi connectivity index (χ1n) is 12.7. The second-order valence-corrected chi connectivity index (χ2v) is 16.3. The number of aryl methyl sites for hydroxylation is 1. The fourth-order valence-electron chi connectivity index (χ4n) is 4.36. The first-order valence-corrected chi connectivity index (χ1v) is 16.4. The van der Waals surface area contributed by atoms with Gasteiger partial charge in [0.2, 0.25) is 5.43 Å². The summed E-state index contributed by atoms with van der Waals surface area (Å²) < 4.78 is 9.32. The van der Waals surface area contributed by atoms with E-state index in [1.165, 1.54) is 0 Å². The predicted molar refractivity (Wildman–Crippen MR) is 149 cm³/mol. The molecule has 0 fully saturated rings. The molecule has 8 heteroatoms. The van der Waals surface area contributed by atoms with Crippen LogP contribution in [0.5, 0.6) is 0 Å². The van der Waals surface area contributed by atoms with Crippen LogP contribution in [0, 0.1) is 6.92 Å². The molecule has 2 aromatic carbocycles. The fourth-order valence-corrected chi connectivity index (χ4v) is 5.12. The van der Waals surface area contributed by atoms with E-state index in [2.05, 4.69) is 29.7 Å². The van der Waals surface area contributed by atoms with Gasteiger partial charge in [0, 0.05) is 44.8 Å². The molecule has 0 radical (unpaired) electrons. The van der Waals surface area contributed by atoms with Crippen LogP contribution in [-0.4, -0.2) is 45.2 Å². The van der Waals surface area contributed by atoms with Crippen molar-refractivity contribution in [2.75, 3.05) is 6.61 Å². The normalized spacial score (nSPS) is 12.7. The molecular weight excluding hydrogens is 480 g/mol. The molecule has 1 unspecified atom stereocenters. The molecule has 0 spiro atoms. The minimum atomic E-state index is -1.19. The Morgan fingerprint density at radius 2 is 1.62 bits per heavy atom. The standard InChI is InChI=1S/C29H36N4O3Si/c1-22-19-33(21-36-17-18-37(2,3)4)31-27(28(22)35)29-30-15-16-32(29)20-25(34)26(23-11-7-5-8-12-23)24-13-9-6-10-14-24/h5-16,19,25-26,34H,17-18,20-21H2,1-4H3. The molecule has 194 valence electrons. The van der Waals surface area contributed by atoms with Gasteiger partial charge in [-0.3, -0.25) is 4.79 Å². The molecule has 2 heterocycles. The number of aromatic nitrogens is 4. The lowest BCUT2D eigenvalue weighted by Gasteiger charge is -2.25. The third-order valence-corrected chi connectivity index (χ3v) is 8.08. The number of aliphatic hydroxyl groups excluding tert-OH is 1. The molecule has 0 aliphatic heterocycles. The Bertz CT molecular complexity index is 1310. The third kappa shape index (κ3) is 6.91. The number of hydrogen-bond donors (Lipinski definition) is 1. The Labute approximate surface area is 219 Å². The van der Waals surface area contributed by atoms with Gasteiger partial charge >= 0.3 is 0 Å². The van der Waals surface area contributed by atoms with Gasteiger partial charge in [-0.15, -0.1) is 0 Å². The summed E-state index contributed by atoms with van der Waals surface area (Å²) in [5.41, 5.74) is 2.69. The SMILES string of the molecule is Cc1cn(COCC[Si](C)(C)C)nc(-c2nccn2CC(O)C(c2ccccc2)c2ccccc2)c1=O. The van der Waals surface area contributed by atoms with E-state index >= 15 is 0 Å². The Balaban J connectivity index is 1.59. The monoisotopic (exact) mass is 516 g/mol. The van der Waals surface area contributed by atoms with E-state index in [-0.39, 0.29) is 30.3 Å². The fraction of sp³-hybridized carbons (Fsp3) is 0.345. The van der Waals surface area contributed by atoms with Gasteiger partial charge in [-0.2, -0.15) is 5.10 Å². The summed E-state index contributed by atoms with van der Waals surface area (Å²) in [4.78, 5) is 17.5. The van der Waals surface area contributed by atoms with E-state index in [4.69, 9.17) is 4.74 Å². The van der Waals surface area contributed by atoms with Crippen LogP contribution < -0.4 is 5.43 Å². The largest absolute Gasteiger partial charge is 0.390 e. The van der Waals surface area contributed by atoms with E-state index in [1.807, 2.05) is 65.2 Å². The summed E-state index contributed by atoms with van der Waals surface area (Å²) in [6.07, 6.45) is 4.38. The maximum atomic E-state index is 13.1. The predicted octanol–water partition coefficient (Wildman–Crippen LogP) is 4.92. The Morgan fingerprint density at radius 3 is 2.22 bits per heavy atom. The van der Waals surface area contributed by atoms with Crippen molar-refractivity contribution in [3.8, 4) is 11.5 Å². The van der Waals surface area contributed by atoms with E-state index < -0.39 is 14.2 Å². The number of hydrogen-bond acceptors (Lipinski definition) is 5. The zero-order valence-corrected chi connectivity index (χ0v) is 23.0. The molecule has 4 aromatic rings. The zero-order chi connectivity index (χ0) is 26.4. The molecule has 1 atom stereocenters. The second-order valence-electron chi connectivity index (χ2n) is 10.6. The number of nitrogens with zero attached hydrogens (tertiary/aromatic N) is 4. The molecule has 2 aromatic heterocycles. The highest BCUT2D eigenvalue weighted by Gasteiger charge is 2.25. The average molecular weight is 517 g/mol. The lowest BCUT2D eigenvalue weighted by molar-refractivity contribution is 0.0774. The number of benzene rings is 2. The van der Waals surface area contributed by atoms with E-state index in [9.17, 15) is 9.90 Å². The van der Waals surface area contributed by atoms with Gasteiger partial charge < -0.3 is 14.4 Å². The average Bonchev–Trinajstić information content (AvgIpc) is 3.32. The van der Waals surface area contributed by atoms with Crippen molar-refractivity contribution in [1.29, 1.82) is 0 Å². The molecule has 37 heavy (non-hydrogen) atoms. The molecule has 7 nitrogen and oxygen atoms in total. The van der Waals surface area contributed by atoms with Crippen molar-refractivity contribution in [2.24, 2.45) is 0 Å². The first-order chi connectivity index (χ1) is 17.7. The summed E-state index contributed by atoms with van der Waals surface area (Å²) in [5.74, 6) is 0.197. The van der Waals surface area contributed by atoms with E-state index in [1.54, 1.807) is 30.2 Å². The lowest BCUT2D eigenvalue weighted by atomic mass is 9.86. The summed E-state index contributed by atoms with van der Waals surface area (Å²) in [5, 5.41) is 16.0. The first kappa shape index (κ1) is 26.7. The van der Waals surface area contributed by atoms with Crippen molar-refractivity contribution in [3.63, 3.8) is 0 Å². The maximum Gasteiger partial charge on any atom is 0.214 e. The van der Waals surface area contributed by atoms with Crippen LogP contribution in [0.1, 0.15) is 22.6 Å². The highest BCUT2D eigenvalue weighted by atomic mass is 28.3. The molecule has 0 amide bonds. The van der Waals surface area contributed by atoms with E-state index in [0.29, 0.717) is 18.0 Å². The van der Waals surface area contributed by atoms with Crippen LogP contribution in [0.15, 0.2) is 84.0 Å². The van der Waals surface area contributed by atoms with Crippen molar-refractivity contribution < 1.29 is 9.84 Å². The maximum absolute atomic E-state index is 13.1. The van der Waals surface area contributed by atoms with E-state index in [0.717, 1.165) is 17.2 Å². The number of ether oxygens (including phenoxy) is 1. The van der Waals surface area contributed by atoms with Crippen molar-refractivity contribution in [1.82, 2.24) is 19.3 Å². The molecule has 1 N–H and O–H groups in total. The molecule has 0 aliphatic rings. The van der Waals surface area contributed by atoms with Crippen LogP contribution in [0.4, 0.5) is 0 Å². The van der Waals surface area contributed by atoms with Gasteiger partial charge in [0.05, 0.1) is 12.6 Å². The highest BCUT2D eigenvalue weighted by molar-refractivity contribution is 6.76. The van der Waals surface area contributed by atoms with Crippen LogP contribution in [-0.2, 0) is 18.0 Å². The number of imidazole rings is 1. The summed E-state index contributed by atoms with van der Waals surface area (Å²) in [6, 6.07) is 21.0. The van der Waals surface area contributed by atoms with Crippen molar-refractivity contribution in [3.05, 3.63) is 106 Å². The molecule has 0 bridgehead atoms. The van der Waals surface area contributed by atoms with Gasteiger partial charge in [-0.05, 0) is 24.1 Å². The van der Waals surface area contributed by atoms with Gasteiger partial charge in [0.1, 0.15) is 6.73 Å². The summed E-state index contributed by atoms with van der Waals surface area (Å²) in [6.45, 7) is 9.89. The Morgan fingerprint density at radius 1 is 1.00 bits per heavy atom. The molecule has 4 rings (SSSR count). The number of rotatable bonds is 11. The van der Waals surface area contributed by atoms with Gasteiger partial charge in [-0.25, -0.2) is 9.67 Å². The van der Waals surface area contributed by atoms with Gasteiger partial charge in [-0.1, -0.05) is 80.3 Å². The third-order valence-electron chi connectivity index (χ3n) is 6.38. The molecule has 0 aliphatic carbocycles.